The summed E-state index contributed by atoms with van der Waals surface area (Å²) in [5, 5.41) is 11.0. The van der Waals surface area contributed by atoms with Crippen LogP contribution in [0.1, 0.15) is 0 Å². The molecule has 1 fully saturated rings. The number of carbonyl (C=O) groups is 2. The van der Waals surface area contributed by atoms with Crippen molar-refractivity contribution in [1.29, 1.82) is 0 Å². The van der Waals surface area contributed by atoms with Gasteiger partial charge in [-0.3, -0.25) is 0 Å². The Morgan fingerprint density at radius 2 is 0.864 bits per heavy atom. The highest BCUT2D eigenvalue weighted by molar-refractivity contribution is 5.69. The number of aliphatic hydroxyl groups is 1. The molecule has 44 heavy (non-hydrogen) atoms. The van der Waals surface area contributed by atoms with Crippen molar-refractivity contribution in [2.24, 2.45) is 0 Å². The molecule has 0 aromatic rings. The van der Waals surface area contributed by atoms with Crippen molar-refractivity contribution in [1.82, 2.24) is 5.32 Å². The van der Waals surface area contributed by atoms with Gasteiger partial charge in [0.2, 0.25) is 0 Å². The molecule has 0 aromatic heterocycles. The second kappa shape index (κ2) is 32.5. The second-order valence-corrected chi connectivity index (χ2v) is 8.67. The highest BCUT2D eigenvalue weighted by Gasteiger charge is 2.24. The zero-order valence-electron chi connectivity index (χ0n) is 25.6. The normalized spacial score (nSPS) is 14.5. The van der Waals surface area contributed by atoms with E-state index in [9.17, 15) is 9.59 Å². The third-order valence-corrected chi connectivity index (χ3v) is 5.17. The molecule has 1 rings (SSSR count). The van der Waals surface area contributed by atoms with Crippen LogP contribution in [0.5, 0.6) is 0 Å². The van der Waals surface area contributed by atoms with Crippen LogP contribution in [0.15, 0.2) is 0 Å². The van der Waals surface area contributed by atoms with Crippen molar-refractivity contribution in [3.63, 3.8) is 0 Å². The molecule has 0 spiro atoms. The van der Waals surface area contributed by atoms with Crippen LogP contribution in [0.3, 0.4) is 0 Å². The van der Waals surface area contributed by atoms with Crippen molar-refractivity contribution in [3.8, 4) is 0 Å². The molecule has 1 aliphatic heterocycles. The summed E-state index contributed by atoms with van der Waals surface area (Å²) in [5.74, 6) is 0. The van der Waals surface area contributed by atoms with E-state index in [-0.39, 0.29) is 26.4 Å². The Bertz CT molecular complexity index is 647. The van der Waals surface area contributed by atoms with E-state index < -0.39 is 18.4 Å². The van der Waals surface area contributed by atoms with E-state index in [2.05, 4.69) is 5.32 Å². The molecule has 1 saturated heterocycles. The van der Waals surface area contributed by atoms with E-state index in [1.54, 1.807) is 0 Å². The molecule has 0 aromatic carbocycles. The third kappa shape index (κ3) is 28.8. The minimum Gasteiger partial charge on any atom is -0.441 e. The van der Waals surface area contributed by atoms with Crippen LogP contribution in [0, 0.1) is 0 Å². The van der Waals surface area contributed by atoms with Gasteiger partial charge in [0.15, 0.2) is 6.10 Å². The third-order valence-electron chi connectivity index (χ3n) is 5.17. The lowest BCUT2D eigenvalue weighted by atomic mass is 10.4. The molecule has 0 radical (unpaired) electrons. The Morgan fingerprint density at radius 1 is 0.545 bits per heavy atom. The molecule has 17 heteroatoms. The number of hydrogen-bond acceptors (Lipinski definition) is 16. The largest absolute Gasteiger partial charge is 0.508 e. The second-order valence-electron chi connectivity index (χ2n) is 8.67. The van der Waals surface area contributed by atoms with Crippen LogP contribution in [-0.2, 0) is 61.6 Å². The van der Waals surface area contributed by atoms with Crippen molar-refractivity contribution >= 4 is 12.2 Å². The topological polar surface area (TPSA) is 186 Å². The number of aliphatic hydroxyl groups excluding tert-OH is 1. The molecular formula is C27H51NO16. The lowest BCUT2D eigenvalue weighted by molar-refractivity contribution is -0.0280. The number of carbonyl (C=O) groups excluding carboxylic acids is 2. The van der Waals surface area contributed by atoms with Gasteiger partial charge in [0, 0.05) is 0 Å². The molecular weight excluding hydrogens is 594 g/mol. The summed E-state index contributed by atoms with van der Waals surface area (Å²) in [5.41, 5.74) is 0. The molecule has 2 N–H and O–H groups in total. The Hall–Kier alpha value is -1.90. The number of rotatable bonds is 34. The van der Waals surface area contributed by atoms with Crippen LogP contribution in [-0.4, -0.2) is 182 Å². The van der Waals surface area contributed by atoms with Crippen molar-refractivity contribution in [3.05, 3.63) is 0 Å². The minimum atomic E-state index is -0.846. The summed E-state index contributed by atoms with van der Waals surface area (Å²) in [4.78, 5) is 22.3. The minimum absolute atomic E-state index is 0.0170. The van der Waals surface area contributed by atoms with E-state index in [1.165, 1.54) is 0 Å². The SMILES string of the molecule is O=C1NC[C@@H](COC(=O)OCCOCCOCCOCCOCCOCCOCCOCCOCCOCCOCCO)O1. The first kappa shape index (κ1) is 40.1. The van der Waals surface area contributed by atoms with Gasteiger partial charge >= 0.3 is 12.2 Å². The highest BCUT2D eigenvalue weighted by Crippen LogP contribution is 2.01. The van der Waals surface area contributed by atoms with Crippen LogP contribution >= 0.6 is 0 Å². The summed E-state index contributed by atoms with van der Waals surface area (Å²) in [6.45, 7) is 9.12. The first-order chi connectivity index (χ1) is 21.7. The lowest BCUT2D eigenvalue weighted by Gasteiger charge is -2.10. The highest BCUT2D eigenvalue weighted by atomic mass is 16.7. The van der Waals surface area contributed by atoms with Gasteiger partial charge in [-0.2, -0.15) is 0 Å². The number of hydrogen-bond donors (Lipinski definition) is 2. The molecule has 1 amide bonds. The predicted molar refractivity (Wildman–Crippen MR) is 151 cm³/mol. The number of amides is 1. The van der Waals surface area contributed by atoms with E-state index >= 15 is 0 Å². The van der Waals surface area contributed by atoms with Crippen LogP contribution in [0.25, 0.3) is 0 Å². The summed E-state index contributed by atoms with van der Waals surface area (Å²) >= 11 is 0. The van der Waals surface area contributed by atoms with Gasteiger partial charge in [-0.15, -0.1) is 0 Å². The Kier molecular flexibility index (Phi) is 29.6. The fourth-order valence-electron chi connectivity index (χ4n) is 3.06. The average molecular weight is 646 g/mol. The van der Waals surface area contributed by atoms with E-state index in [1.807, 2.05) is 0 Å². The van der Waals surface area contributed by atoms with Crippen LogP contribution in [0.4, 0.5) is 9.59 Å². The maximum atomic E-state index is 11.4. The summed E-state index contributed by atoms with van der Waals surface area (Å²) in [6, 6.07) is 0. The average Bonchev–Trinajstić information content (AvgIpc) is 3.45. The molecule has 0 bridgehead atoms. The van der Waals surface area contributed by atoms with Gasteiger partial charge < -0.3 is 72.0 Å². The van der Waals surface area contributed by atoms with Crippen molar-refractivity contribution < 1.29 is 76.3 Å². The van der Waals surface area contributed by atoms with Gasteiger partial charge in [-0.05, 0) is 0 Å². The van der Waals surface area contributed by atoms with E-state index in [0.29, 0.717) is 132 Å². The molecule has 260 valence electrons. The van der Waals surface area contributed by atoms with Crippen LogP contribution in [0.2, 0.25) is 0 Å². The van der Waals surface area contributed by atoms with Crippen molar-refractivity contribution in [2.75, 3.05) is 159 Å². The van der Waals surface area contributed by atoms with Gasteiger partial charge in [0.05, 0.1) is 145 Å². The van der Waals surface area contributed by atoms with Gasteiger partial charge in [-0.1, -0.05) is 0 Å². The van der Waals surface area contributed by atoms with Gasteiger partial charge in [0.1, 0.15) is 13.2 Å². The van der Waals surface area contributed by atoms with Gasteiger partial charge in [-0.25, -0.2) is 9.59 Å². The summed E-state index contributed by atoms with van der Waals surface area (Å²) in [7, 11) is 0. The maximum absolute atomic E-state index is 11.4. The molecule has 1 atom stereocenters. The summed E-state index contributed by atoms with van der Waals surface area (Å²) in [6.07, 6.45) is -1.88. The molecule has 0 unspecified atom stereocenters. The molecule has 1 aliphatic rings. The first-order valence-electron chi connectivity index (χ1n) is 14.8. The quantitative estimate of drug-likeness (QED) is 0.0667. The number of ether oxygens (including phenoxy) is 13. The molecule has 0 saturated carbocycles. The fraction of sp³-hybridized carbons (Fsp3) is 0.926. The lowest BCUT2D eigenvalue weighted by Crippen LogP contribution is -2.23. The fourth-order valence-corrected chi connectivity index (χ4v) is 3.06. The number of cyclic esters (lactones) is 1. The van der Waals surface area contributed by atoms with Crippen LogP contribution < -0.4 is 5.32 Å². The smallest absolute Gasteiger partial charge is 0.441 e. The Labute approximate surface area is 258 Å². The molecule has 1 heterocycles. The predicted octanol–water partition coefficient (Wildman–Crippen LogP) is -0.594. The van der Waals surface area contributed by atoms with E-state index in [4.69, 9.17) is 66.7 Å². The van der Waals surface area contributed by atoms with E-state index in [0.717, 1.165) is 0 Å². The molecule has 17 nitrogen and oxygen atoms in total. The summed E-state index contributed by atoms with van der Waals surface area (Å²) < 4.78 is 68.1. The van der Waals surface area contributed by atoms with Crippen molar-refractivity contribution in [2.45, 2.75) is 6.10 Å². The Balaban J connectivity index is 1.63. The monoisotopic (exact) mass is 645 g/mol. The zero-order valence-corrected chi connectivity index (χ0v) is 25.6. The number of alkyl carbamates (subject to hydrolysis) is 1. The first-order valence-corrected chi connectivity index (χ1v) is 14.8. The maximum Gasteiger partial charge on any atom is 0.508 e. The standard InChI is InChI=1S/C27H51NO16/c29-1-2-32-3-4-33-5-6-34-7-8-35-9-10-36-11-12-37-13-14-38-15-16-39-17-18-40-19-20-41-21-22-42-27(31)43-24-25-23-28-26(30)44-25/h25,29H,1-24H2,(H,28,30)/t25-/m0/s1. The number of nitrogens with one attached hydrogen (secondary N) is 1. The zero-order chi connectivity index (χ0) is 31.6. The van der Waals surface area contributed by atoms with Gasteiger partial charge in [0.25, 0.3) is 0 Å². The molecule has 0 aliphatic carbocycles. The Morgan fingerprint density at radius 3 is 1.16 bits per heavy atom.